The second-order valence-corrected chi connectivity index (χ2v) is 19.3. The zero-order valence-electron chi connectivity index (χ0n) is 29.9. The van der Waals surface area contributed by atoms with Crippen molar-refractivity contribution < 1.29 is 0 Å². The quantitative estimate of drug-likeness (QED) is 0.0513. The maximum absolute atomic E-state index is 8.68. The molecular weight excluding hydrogens is 525 g/mol. The topological polar surface area (TPSA) is 23.8 Å². The van der Waals surface area contributed by atoms with Crippen molar-refractivity contribution in [1.29, 1.82) is 5.26 Å². The van der Waals surface area contributed by atoms with Gasteiger partial charge in [-0.2, -0.15) is 5.26 Å². The molecule has 0 aliphatic rings. The number of hydrogen-bond donors (Lipinski definition) is 0. The van der Waals surface area contributed by atoms with Crippen molar-refractivity contribution in [2.75, 3.05) is 24.6 Å². The number of rotatable bonds is 36. The molecule has 2 heteroatoms. The van der Waals surface area contributed by atoms with E-state index < -0.39 is 7.26 Å². The van der Waals surface area contributed by atoms with E-state index in [0.717, 1.165) is 12.8 Å². The Morgan fingerprint density at radius 3 is 0.762 bits per heavy atom. The van der Waals surface area contributed by atoms with Crippen molar-refractivity contribution >= 4 is 7.26 Å². The van der Waals surface area contributed by atoms with E-state index in [0.29, 0.717) is 0 Å². The maximum atomic E-state index is 8.68. The van der Waals surface area contributed by atoms with Gasteiger partial charge in [-0.3, -0.25) is 0 Å². The Bertz CT molecular complexity index is 493. The molecule has 0 atom stereocenters. The summed E-state index contributed by atoms with van der Waals surface area (Å²) < 4.78 is 0. The number of hydrogen-bond acceptors (Lipinski definition) is 1. The molecule has 0 rings (SSSR count). The van der Waals surface area contributed by atoms with E-state index in [4.69, 9.17) is 5.26 Å². The second kappa shape index (κ2) is 35.4. The summed E-state index contributed by atoms with van der Waals surface area (Å²) in [4.78, 5) is 0. The molecule has 252 valence electrons. The molecule has 1 nitrogen and oxygen atoms in total. The zero-order chi connectivity index (χ0) is 30.7. The molecule has 0 unspecified atom stereocenters. The van der Waals surface area contributed by atoms with Gasteiger partial charge in [0.05, 0.1) is 6.07 Å². The van der Waals surface area contributed by atoms with Crippen LogP contribution >= 0.6 is 7.26 Å². The van der Waals surface area contributed by atoms with Crippen molar-refractivity contribution in [3.8, 4) is 6.07 Å². The fourth-order valence-corrected chi connectivity index (χ4v) is 12.7. The van der Waals surface area contributed by atoms with Crippen LogP contribution in [0.25, 0.3) is 0 Å². The molecule has 0 aliphatic heterocycles. The van der Waals surface area contributed by atoms with Crippen molar-refractivity contribution in [2.45, 2.75) is 226 Å². The summed E-state index contributed by atoms with van der Waals surface area (Å²) in [5, 5.41) is 8.68. The predicted molar refractivity (Wildman–Crippen MR) is 198 cm³/mol. The Morgan fingerprint density at radius 2 is 0.524 bits per heavy atom. The molecule has 0 spiro atoms. The normalized spacial score (nSPS) is 12.1. The van der Waals surface area contributed by atoms with Crippen LogP contribution in [-0.2, 0) is 0 Å². The van der Waals surface area contributed by atoms with E-state index in [1.165, 1.54) is 167 Å². The fourth-order valence-electron chi connectivity index (χ4n) is 7.24. The molecule has 0 aromatic rings. The van der Waals surface area contributed by atoms with Crippen LogP contribution in [0.5, 0.6) is 0 Å². The van der Waals surface area contributed by atoms with Gasteiger partial charge in [-0.15, -0.1) is 0 Å². The van der Waals surface area contributed by atoms with Crippen LogP contribution in [0.2, 0.25) is 0 Å². The monoisotopic (exact) mass is 608 g/mol. The minimum absolute atomic E-state index is 0.752. The first-order valence-corrected chi connectivity index (χ1v) is 22.9. The van der Waals surface area contributed by atoms with Crippen molar-refractivity contribution in [2.24, 2.45) is 0 Å². The molecular formula is C40H82NP. The van der Waals surface area contributed by atoms with Gasteiger partial charge in [-0.1, -0.05) is 0 Å². The molecule has 0 aliphatic carbocycles. The average molecular weight is 608 g/mol. The van der Waals surface area contributed by atoms with Crippen molar-refractivity contribution in [3.63, 3.8) is 0 Å². The van der Waals surface area contributed by atoms with E-state index in [-0.39, 0.29) is 0 Å². The van der Waals surface area contributed by atoms with Gasteiger partial charge < -0.3 is 0 Å². The van der Waals surface area contributed by atoms with E-state index in [1.807, 2.05) is 0 Å². The van der Waals surface area contributed by atoms with E-state index in [2.05, 4.69) is 26.8 Å². The molecule has 0 saturated heterocycles. The molecule has 0 radical (unpaired) electrons. The summed E-state index contributed by atoms with van der Waals surface area (Å²) in [5.74, 6) is 0. The second-order valence-electron chi connectivity index (χ2n) is 14.3. The van der Waals surface area contributed by atoms with Crippen LogP contribution < -0.4 is 0 Å². The summed E-state index contributed by atoms with van der Waals surface area (Å²) in [6.07, 6.45) is 52.3. The average Bonchev–Trinajstić information content (AvgIpc) is 3.00. The molecule has 0 amide bonds. The zero-order valence-corrected chi connectivity index (χ0v) is 30.9. The summed E-state index contributed by atoms with van der Waals surface area (Å²) in [6, 6.07) is 2.28. The molecule has 0 bridgehead atoms. The van der Waals surface area contributed by atoms with Gasteiger partial charge in [0, 0.05) is 0 Å². The molecule has 0 aromatic heterocycles. The third-order valence-electron chi connectivity index (χ3n) is 10.2. The van der Waals surface area contributed by atoms with Gasteiger partial charge in [0.25, 0.3) is 0 Å². The third-order valence-corrected chi connectivity index (χ3v) is 15.8. The number of unbranched alkanes of at least 4 members (excludes halogenated alkanes) is 28. The van der Waals surface area contributed by atoms with Crippen LogP contribution in [0, 0.1) is 11.3 Å². The molecule has 0 N–H and O–H groups in total. The molecule has 0 aromatic carbocycles. The number of nitrogens with zero attached hydrogens (tertiary/aromatic N) is 1. The Labute approximate surface area is 268 Å². The minimum atomic E-state index is -1.14. The Morgan fingerprint density at radius 1 is 0.310 bits per heavy atom. The van der Waals surface area contributed by atoms with Gasteiger partial charge in [-0.05, 0) is 0 Å². The van der Waals surface area contributed by atoms with Gasteiger partial charge in [0.15, 0.2) is 0 Å². The predicted octanol–water partition coefficient (Wildman–Crippen LogP) is 14.8. The first kappa shape index (κ1) is 41.9. The smallest absolute Gasteiger partial charge is 0.198 e. The fraction of sp³-hybridized carbons (Fsp3) is 0.975. The standard InChI is InChI=1S/C40H82NP/c1-4-7-10-13-22-27-32-37-42(38-33-28-23-14-11-8-5-2,39-34-29-24-15-12-9-6-3)40-35-30-25-20-18-16-17-19-21-26-31-36-41/h42H,4-35,37-40H2,1-3H3. The molecule has 0 heterocycles. The van der Waals surface area contributed by atoms with E-state index >= 15 is 0 Å². The molecule has 0 saturated carbocycles. The van der Waals surface area contributed by atoms with Crippen LogP contribution in [0.4, 0.5) is 0 Å². The summed E-state index contributed by atoms with van der Waals surface area (Å²) in [7, 11) is -1.14. The van der Waals surface area contributed by atoms with Crippen LogP contribution in [0.3, 0.4) is 0 Å². The Balaban J connectivity index is 4.72. The van der Waals surface area contributed by atoms with Gasteiger partial charge in [0.1, 0.15) is 0 Å². The van der Waals surface area contributed by atoms with Crippen LogP contribution in [0.1, 0.15) is 226 Å². The van der Waals surface area contributed by atoms with Crippen molar-refractivity contribution in [1.82, 2.24) is 0 Å². The first-order chi connectivity index (χ1) is 20.7. The third kappa shape index (κ3) is 30.0. The SMILES string of the molecule is CCCCCCCCC[PH](CCCCCCCCC)(CCCCCCCCC)CCCCCCCCCCCCC#N. The Kier molecular flexibility index (Phi) is 35.3. The first-order valence-electron chi connectivity index (χ1n) is 20.1. The van der Waals surface area contributed by atoms with Crippen LogP contribution in [0.15, 0.2) is 0 Å². The molecule has 0 fully saturated rings. The van der Waals surface area contributed by atoms with Gasteiger partial charge >= 0.3 is 258 Å². The van der Waals surface area contributed by atoms with Crippen molar-refractivity contribution in [3.05, 3.63) is 0 Å². The summed E-state index contributed by atoms with van der Waals surface area (Å²) >= 11 is 0. The summed E-state index contributed by atoms with van der Waals surface area (Å²) in [6.45, 7) is 7.02. The van der Waals surface area contributed by atoms with E-state index in [9.17, 15) is 0 Å². The number of nitriles is 1. The minimum Gasteiger partial charge on any atom is -0.198 e. The summed E-state index contributed by atoms with van der Waals surface area (Å²) in [5.41, 5.74) is 0. The van der Waals surface area contributed by atoms with E-state index in [1.54, 1.807) is 50.3 Å². The van der Waals surface area contributed by atoms with Crippen LogP contribution in [-0.4, -0.2) is 24.6 Å². The molecule has 42 heavy (non-hydrogen) atoms. The Hall–Kier alpha value is -0.0800. The van der Waals surface area contributed by atoms with Gasteiger partial charge in [0.2, 0.25) is 0 Å². The van der Waals surface area contributed by atoms with Gasteiger partial charge in [-0.25, -0.2) is 0 Å².